The van der Waals surface area contributed by atoms with Crippen molar-refractivity contribution in [2.75, 3.05) is 19.0 Å². The monoisotopic (exact) mass is 559 g/mol. The molecule has 0 radical (unpaired) electrons. The zero-order valence-corrected chi connectivity index (χ0v) is 23.1. The number of benzene rings is 3. The molecule has 0 saturated heterocycles. The van der Waals surface area contributed by atoms with E-state index in [1.54, 1.807) is 18.2 Å². The van der Waals surface area contributed by atoms with Gasteiger partial charge in [-0.2, -0.15) is 0 Å². The van der Waals surface area contributed by atoms with Crippen molar-refractivity contribution >= 4 is 17.5 Å². The molecule has 5 N–H and O–H groups in total. The molecule has 4 aromatic rings. The number of halogens is 1. The minimum absolute atomic E-state index is 0.0696. The van der Waals surface area contributed by atoms with Gasteiger partial charge in [-0.25, -0.2) is 9.18 Å². The Balaban J connectivity index is 1.70. The van der Waals surface area contributed by atoms with Gasteiger partial charge in [-0.15, -0.1) is 0 Å². The number of carbonyl (C=O) groups is 2. The molecule has 3 aromatic carbocycles. The van der Waals surface area contributed by atoms with Crippen LogP contribution < -0.4 is 32.4 Å². The fraction of sp³-hybridized carbons (Fsp3) is 0.200. The number of aromatic amines is 1. The number of rotatable bonds is 9. The summed E-state index contributed by atoms with van der Waals surface area (Å²) in [6, 6.07) is 14.2. The first-order chi connectivity index (χ1) is 19.5. The highest BCUT2D eigenvalue weighted by molar-refractivity contribution is 6.04. The van der Waals surface area contributed by atoms with E-state index < -0.39 is 28.9 Å². The van der Waals surface area contributed by atoms with Gasteiger partial charge in [-0.05, 0) is 65.4 Å². The predicted octanol–water partition coefficient (Wildman–Crippen LogP) is 3.00. The van der Waals surface area contributed by atoms with Crippen LogP contribution in [0.25, 0.3) is 22.3 Å². The summed E-state index contributed by atoms with van der Waals surface area (Å²) in [7, 11) is 2.74. The van der Waals surface area contributed by atoms with Crippen LogP contribution in [0.2, 0.25) is 0 Å². The Morgan fingerprint density at radius 1 is 1.02 bits per heavy atom. The Kier molecular flexibility index (Phi) is 8.48. The lowest BCUT2D eigenvalue weighted by molar-refractivity contribution is -0.117. The van der Waals surface area contributed by atoms with Gasteiger partial charge in [-0.3, -0.25) is 19.0 Å². The molecular weight excluding hydrogens is 529 g/mol. The molecule has 0 spiro atoms. The van der Waals surface area contributed by atoms with Gasteiger partial charge in [0.2, 0.25) is 5.91 Å². The van der Waals surface area contributed by atoms with Crippen LogP contribution in [-0.4, -0.2) is 35.0 Å². The third-order valence-corrected chi connectivity index (χ3v) is 6.92. The summed E-state index contributed by atoms with van der Waals surface area (Å²) in [4.78, 5) is 50.4. The largest absolute Gasteiger partial charge is 0.496 e. The molecular formula is C30H30FN5O5. The van der Waals surface area contributed by atoms with Gasteiger partial charge < -0.3 is 26.1 Å². The Bertz CT molecular complexity index is 1780. The first-order valence-corrected chi connectivity index (χ1v) is 12.7. The van der Waals surface area contributed by atoms with Crippen molar-refractivity contribution in [3.05, 3.63) is 104 Å². The molecule has 0 aliphatic heterocycles. The minimum atomic E-state index is -0.707. The normalized spacial score (nSPS) is 10.9. The Hall–Kier alpha value is -5.03. The SMILES string of the molecule is COc1cc(-c2cccc(-c3cccc(NC(=O)c4c[nH]c(=O)n(C)c4=O)c3C)c2C)cc(F)c1CNCC(N)=O. The van der Waals surface area contributed by atoms with Crippen molar-refractivity contribution in [1.82, 2.24) is 14.9 Å². The first kappa shape index (κ1) is 29.0. The molecule has 10 nitrogen and oxygen atoms in total. The van der Waals surface area contributed by atoms with E-state index in [0.717, 1.165) is 38.6 Å². The molecule has 41 heavy (non-hydrogen) atoms. The lowest BCUT2D eigenvalue weighted by atomic mass is 9.90. The van der Waals surface area contributed by atoms with E-state index in [4.69, 9.17) is 10.5 Å². The molecule has 0 fully saturated rings. The summed E-state index contributed by atoms with van der Waals surface area (Å²) < 4.78 is 21.5. The molecule has 0 bridgehead atoms. The van der Waals surface area contributed by atoms with Crippen LogP contribution in [0.4, 0.5) is 10.1 Å². The number of nitrogens with zero attached hydrogens (tertiary/aromatic N) is 1. The second-order valence-electron chi connectivity index (χ2n) is 9.49. The Morgan fingerprint density at radius 3 is 2.37 bits per heavy atom. The van der Waals surface area contributed by atoms with Crippen LogP contribution in [0, 0.1) is 19.7 Å². The molecule has 1 heterocycles. The zero-order chi connectivity index (χ0) is 29.8. The molecule has 0 aliphatic carbocycles. The maximum absolute atomic E-state index is 15.2. The van der Waals surface area contributed by atoms with Gasteiger partial charge in [0.25, 0.3) is 11.5 Å². The maximum atomic E-state index is 15.2. The maximum Gasteiger partial charge on any atom is 0.328 e. The number of anilines is 1. The van der Waals surface area contributed by atoms with Gasteiger partial charge in [0.05, 0.1) is 13.7 Å². The summed E-state index contributed by atoms with van der Waals surface area (Å²) in [6.07, 6.45) is 1.10. The van der Waals surface area contributed by atoms with Gasteiger partial charge in [-0.1, -0.05) is 30.3 Å². The number of ether oxygens (including phenoxy) is 1. The predicted molar refractivity (Wildman–Crippen MR) is 154 cm³/mol. The minimum Gasteiger partial charge on any atom is -0.496 e. The average molecular weight is 560 g/mol. The lowest BCUT2D eigenvalue weighted by Crippen LogP contribution is -2.37. The number of amides is 2. The summed E-state index contributed by atoms with van der Waals surface area (Å²) in [5.41, 5.74) is 9.11. The number of nitrogens with two attached hydrogens (primary N) is 1. The van der Waals surface area contributed by atoms with Crippen molar-refractivity contribution < 1.29 is 18.7 Å². The topological polar surface area (TPSA) is 148 Å². The number of hydrogen-bond donors (Lipinski definition) is 4. The molecule has 212 valence electrons. The number of hydrogen-bond acceptors (Lipinski definition) is 6. The van der Waals surface area contributed by atoms with Gasteiger partial charge in [0.15, 0.2) is 0 Å². The second kappa shape index (κ2) is 12.0. The van der Waals surface area contributed by atoms with Crippen LogP contribution in [0.3, 0.4) is 0 Å². The molecule has 0 atom stereocenters. The highest BCUT2D eigenvalue weighted by Crippen LogP contribution is 2.37. The quantitative estimate of drug-likeness (QED) is 0.248. The molecule has 0 aliphatic rings. The molecule has 2 amide bonds. The molecule has 0 saturated carbocycles. The number of aromatic nitrogens is 2. The number of methoxy groups -OCH3 is 1. The van der Waals surface area contributed by atoms with E-state index in [0.29, 0.717) is 17.0 Å². The number of primary amides is 1. The molecule has 11 heteroatoms. The van der Waals surface area contributed by atoms with Gasteiger partial charge in [0, 0.05) is 31.0 Å². The Morgan fingerprint density at radius 2 is 1.68 bits per heavy atom. The standard InChI is InChI=1S/C30H30FN5O5/c1-16-19(18-11-24(31)22(26(12-18)41-4)13-33-15-27(32)37)7-5-8-20(16)21-9-6-10-25(17(21)2)35-28(38)23-14-34-30(40)36(3)29(23)39/h5-12,14,33H,13,15H2,1-4H3,(H2,32,37)(H,34,40)(H,35,38). The van der Waals surface area contributed by atoms with Crippen LogP contribution >= 0.6 is 0 Å². The number of H-pyrrole nitrogens is 1. The lowest BCUT2D eigenvalue weighted by Gasteiger charge is -2.18. The summed E-state index contributed by atoms with van der Waals surface area (Å²) in [6.45, 7) is 3.75. The van der Waals surface area contributed by atoms with Crippen molar-refractivity contribution in [3.8, 4) is 28.0 Å². The Labute approximate surface area is 235 Å². The van der Waals surface area contributed by atoms with E-state index in [9.17, 15) is 19.2 Å². The fourth-order valence-corrected chi connectivity index (χ4v) is 4.65. The van der Waals surface area contributed by atoms with Crippen molar-refractivity contribution in [2.45, 2.75) is 20.4 Å². The van der Waals surface area contributed by atoms with Gasteiger partial charge in [0.1, 0.15) is 17.1 Å². The fourth-order valence-electron chi connectivity index (χ4n) is 4.65. The number of nitrogens with one attached hydrogen (secondary N) is 3. The number of carbonyl (C=O) groups excluding carboxylic acids is 2. The van der Waals surface area contributed by atoms with Crippen molar-refractivity contribution in [1.29, 1.82) is 0 Å². The highest BCUT2D eigenvalue weighted by Gasteiger charge is 2.18. The summed E-state index contributed by atoms with van der Waals surface area (Å²) >= 11 is 0. The van der Waals surface area contributed by atoms with E-state index in [-0.39, 0.29) is 24.2 Å². The molecule has 4 rings (SSSR count). The summed E-state index contributed by atoms with van der Waals surface area (Å²) in [5, 5.41) is 5.57. The second-order valence-corrected chi connectivity index (χ2v) is 9.49. The molecule has 0 unspecified atom stereocenters. The van der Waals surface area contributed by atoms with Crippen molar-refractivity contribution in [3.63, 3.8) is 0 Å². The van der Waals surface area contributed by atoms with Gasteiger partial charge >= 0.3 is 5.69 Å². The van der Waals surface area contributed by atoms with Crippen LogP contribution in [0.5, 0.6) is 5.75 Å². The third-order valence-electron chi connectivity index (χ3n) is 6.92. The summed E-state index contributed by atoms with van der Waals surface area (Å²) in [5.74, 6) is -1.36. The van der Waals surface area contributed by atoms with Crippen LogP contribution in [0.15, 0.2) is 64.3 Å². The van der Waals surface area contributed by atoms with E-state index in [2.05, 4.69) is 15.6 Å². The van der Waals surface area contributed by atoms with E-state index in [1.807, 2.05) is 38.1 Å². The molecule has 1 aromatic heterocycles. The third kappa shape index (κ3) is 5.94. The first-order valence-electron chi connectivity index (χ1n) is 12.7. The van der Waals surface area contributed by atoms with E-state index >= 15 is 4.39 Å². The van der Waals surface area contributed by atoms with Crippen LogP contribution in [0.1, 0.15) is 27.0 Å². The zero-order valence-electron chi connectivity index (χ0n) is 23.1. The van der Waals surface area contributed by atoms with Crippen molar-refractivity contribution in [2.24, 2.45) is 12.8 Å². The van der Waals surface area contributed by atoms with E-state index in [1.165, 1.54) is 20.2 Å². The van der Waals surface area contributed by atoms with Crippen LogP contribution in [-0.2, 0) is 18.4 Å². The smallest absolute Gasteiger partial charge is 0.328 e. The highest BCUT2D eigenvalue weighted by atomic mass is 19.1. The average Bonchev–Trinajstić information content (AvgIpc) is 2.93.